The summed E-state index contributed by atoms with van der Waals surface area (Å²) in [7, 11) is 0. The Morgan fingerprint density at radius 3 is 2.45 bits per heavy atom. The van der Waals surface area contributed by atoms with Crippen LogP contribution in [-0.2, 0) is 16.2 Å². The van der Waals surface area contributed by atoms with Gasteiger partial charge in [0.15, 0.2) is 0 Å². The smallest absolute Gasteiger partial charge is 0.328 e. The normalized spacial score (nSPS) is 10.5. The highest BCUT2D eigenvalue weighted by molar-refractivity contribution is 5.98. The van der Waals surface area contributed by atoms with Crippen molar-refractivity contribution in [3.8, 4) is 0 Å². The van der Waals surface area contributed by atoms with Gasteiger partial charge in [-0.3, -0.25) is 9.63 Å². The summed E-state index contributed by atoms with van der Waals surface area (Å²) in [5.74, 6) is -1.50. The molecule has 112 valence electrons. The minimum absolute atomic E-state index is 0.250. The largest absolute Gasteiger partial charge is 0.478 e. The van der Waals surface area contributed by atoms with E-state index in [0.717, 1.165) is 11.6 Å². The van der Waals surface area contributed by atoms with Crippen molar-refractivity contribution in [2.45, 2.75) is 6.61 Å². The van der Waals surface area contributed by atoms with Crippen molar-refractivity contribution in [1.29, 1.82) is 0 Å². The first-order chi connectivity index (χ1) is 10.7. The molecule has 0 aliphatic rings. The van der Waals surface area contributed by atoms with E-state index in [-0.39, 0.29) is 6.61 Å². The number of hydrogen-bond donors (Lipinski definition) is 2. The number of carbonyl (C=O) groups excluding carboxylic acids is 1. The highest BCUT2D eigenvalue weighted by Crippen LogP contribution is 2.11. The fraction of sp³-hybridized carbons (Fsp3) is 0.0588. The average Bonchev–Trinajstić information content (AvgIpc) is 2.54. The third-order valence-corrected chi connectivity index (χ3v) is 2.86. The van der Waals surface area contributed by atoms with E-state index in [4.69, 9.17) is 9.94 Å². The molecule has 0 heterocycles. The van der Waals surface area contributed by atoms with Gasteiger partial charge in [-0.1, -0.05) is 48.5 Å². The molecule has 0 saturated heterocycles. The number of hydrogen-bond acceptors (Lipinski definition) is 3. The van der Waals surface area contributed by atoms with Crippen molar-refractivity contribution in [2.24, 2.45) is 0 Å². The van der Waals surface area contributed by atoms with Gasteiger partial charge in [0, 0.05) is 11.6 Å². The van der Waals surface area contributed by atoms with Crippen LogP contribution in [0, 0.1) is 0 Å². The van der Waals surface area contributed by atoms with Gasteiger partial charge in [-0.05, 0) is 23.3 Å². The molecule has 0 aliphatic heterocycles. The van der Waals surface area contributed by atoms with Gasteiger partial charge in [0.05, 0.1) is 6.61 Å². The molecule has 0 fully saturated rings. The average molecular weight is 297 g/mol. The van der Waals surface area contributed by atoms with E-state index in [1.54, 1.807) is 24.3 Å². The lowest BCUT2D eigenvalue weighted by Crippen LogP contribution is -2.24. The minimum Gasteiger partial charge on any atom is -0.478 e. The molecule has 5 heteroatoms. The Morgan fingerprint density at radius 1 is 1.05 bits per heavy atom. The molecule has 2 rings (SSSR count). The van der Waals surface area contributed by atoms with Crippen LogP contribution in [0.15, 0.2) is 60.7 Å². The monoisotopic (exact) mass is 297 g/mol. The van der Waals surface area contributed by atoms with Crippen molar-refractivity contribution < 1.29 is 19.5 Å². The summed E-state index contributed by atoms with van der Waals surface area (Å²) in [6, 6.07) is 16.1. The van der Waals surface area contributed by atoms with Crippen LogP contribution >= 0.6 is 0 Å². The number of hydroxylamine groups is 1. The number of aliphatic carboxylic acids is 1. The predicted octanol–water partition coefficient (Wildman–Crippen LogP) is 2.65. The molecule has 0 atom stereocenters. The van der Waals surface area contributed by atoms with Crippen LogP contribution in [0.1, 0.15) is 21.5 Å². The van der Waals surface area contributed by atoms with Gasteiger partial charge in [0.1, 0.15) is 0 Å². The number of benzene rings is 2. The molecule has 1 amide bonds. The summed E-state index contributed by atoms with van der Waals surface area (Å²) in [5.41, 5.74) is 4.13. The van der Waals surface area contributed by atoms with E-state index in [1.165, 1.54) is 6.08 Å². The van der Waals surface area contributed by atoms with E-state index < -0.39 is 11.9 Å². The van der Waals surface area contributed by atoms with Crippen molar-refractivity contribution in [3.05, 3.63) is 77.4 Å². The second kappa shape index (κ2) is 7.75. The molecule has 2 aromatic carbocycles. The fourth-order valence-corrected chi connectivity index (χ4v) is 1.82. The molecule has 0 bridgehead atoms. The number of carbonyl (C=O) groups is 2. The Hall–Kier alpha value is -2.92. The highest BCUT2D eigenvalue weighted by atomic mass is 16.6. The molecular weight excluding hydrogens is 282 g/mol. The molecule has 2 aromatic rings. The summed E-state index contributed by atoms with van der Waals surface area (Å²) in [6.07, 6.45) is 2.35. The van der Waals surface area contributed by atoms with Crippen LogP contribution in [0.5, 0.6) is 0 Å². The van der Waals surface area contributed by atoms with Crippen molar-refractivity contribution in [2.75, 3.05) is 0 Å². The van der Waals surface area contributed by atoms with Crippen LogP contribution < -0.4 is 5.48 Å². The van der Waals surface area contributed by atoms with Gasteiger partial charge in [0.2, 0.25) is 0 Å². The van der Waals surface area contributed by atoms with Crippen LogP contribution in [0.3, 0.4) is 0 Å². The molecule has 0 unspecified atom stereocenters. The molecule has 0 aliphatic carbocycles. The Bertz CT molecular complexity index is 680. The minimum atomic E-state index is -1.07. The van der Waals surface area contributed by atoms with Crippen LogP contribution in [-0.4, -0.2) is 17.0 Å². The zero-order valence-corrected chi connectivity index (χ0v) is 11.7. The standard InChI is InChI=1S/C17H15NO4/c19-16(20)11-10-14-8-4-5-9-15(14)17(21)18-22-12-13-6-2-1-3-7-13/h1-11H,12H2,(H,18,21)(H,19,20)/b11-10+. The van der Waals surface area contributed by atoms with E-state index in [0.29, 0.717) is 11.1 Å². The van der Waals surface area contributed by atoms with Gasteiger partial charge < -0.3 is 5.11 Å². The molecule has 2 N–H and O–H groups in total. The summed E-state index contributed by atoms with van der Waals surface area (Å²) in [5, 5.41) is 8.66. The van der Waals surface area contributed by atoms with Crippen LogP contribution in [0.4, 0.5) is 0 Å². The molecule has 0 radical (unpaired) electrons. The lowest BCUT2D eigenvalue weighted by molar-refractivity contribution is -0.131. The van der Waals surface area contributed by atoms with Crippen molar-refractivity contribution in [3.63, 3.8) is 0 Å². The SMILES string of the molecule is O=C(O)/C=C/c1ccccc1C(=O)NOCc1ccccc1. The van der Waals surface area contributed by atoms with Crippen molar-refractivity contribution >= 4 is 18.0 Å². The summed E-state index contributed by atoms with van der Waals surface area (Å²) in [4.78, 5) is 27.8. The molecule has 0 spiro atoms. The van der Waals surface area contributed by atoms with Gasteiger partial charge in [-0.25, -0.2) is 10.3 Å². The summed E-state index contributed by atoms with van der Waals surface area (Å²) >= 11 is 0. The molecule has 0 aromatic heterocycles. The topological polar surface area (TPSA) is 75.6 Å². The number of carboxylic acids is 1. The van der Waals surface area contributed by atoms with E-state index in [2.05, 4.69) is 5.48 Å². The first-order valence-corrected chi connectivity index (χ1v) is 6.63. The first-order valence-electron chi connectivity index (χ1n) is 6.63. The lowest BCUT2D eigenvalue weighted by atomic mass is 10.1. The maximum absolute atomic E-state index is 12.1. The Kier molecular flexibility index (Phi) is 5.45. The highest BCUT2D eigenvalue weighted by Gasteiger charge is 2.09. The maximum atomic E-state index is 12.1. The van der Waals surface area contributed by atoms with Gasteiger partial charge >= 0.3 is 5.97 Å². The Labute approximate surface area is 127 Å². The summed E-state index contributed by atoms with van der Waals surface area (Å²) in [6.45, 7) is 0.250. The van der Waals surface area contributed by atoms with E-state index in [1.807, 2.05) is 30.3 Å². The summed E-state index contributed by atoms with van der Waals surface area (Å²) < 4.78 is 0. The number of carboxylic acid groups (broad SMARTS) is 1. The van der Waals surface area contributed by atoms with Gasteiger partial charge in [-0.2, -0.15) is 0 Å². The molecule has 0 saturated carbocycles. The quantitative estimate of drug-likeness (QED) is 0.635. The van der Waals surface area contributed by atoms with Crippen molar-refractivity contribution in [1.82, 2.24) is 5.48 Å². The van der Waals surface area contributed by atoms with Crippen LogP contribution in [0.25, 0.3) is 6.08 Å². The van der Waals surface area contributed by atoms with Gasteiger partial charge in [0.25, 0.3) is 5.91 Å². The zero-order valence-electron chi connectivity index (χ0n) is 11.7. The Balaban J connectivity index is 1.99. The zero-order chi connectivity index (χ0) is 15.8. The lowest BCUT2D eigenvalue weighted by Gasteiger charge is -2.08. The Morgan fingerprint density at radius 2 is 1.73 bits per heavy atom. The second-order valence-electron chi connectivity index (χ2n) is 4.46. The third-order valence-electron chi connectivity index (χ3n) is 2.86. The third kappa shape index (κ3) is 4.57. The number of amides is 1. The maximum Gasteiger partial charge on any atom is 0.328 e. The molecular formula is C17H15NO4. The van der Waals surface area contributed by atoms with E-state index >= 15 is 0 Å². The molecule has 5 nitrogen and oxygen atoms in total. The predicted molar refractivity (Wildman–Crippen MR) is 81.8 cm³/mol. The van der Waals surface area contributed by atoms with Gasteiger partial charge in [-0.15, -0.1) is 0 Å². The molecule has 22 heavy (non-hydrogen) atoms. The first kappa shape index (κ1) is 15.5. The fourth-order valence-electron chi connectivity index (χ4n) is 1.82. The van der Waals surface area contributed by atoms with E-state index in [9.17, 15) is 9.59 Å². The number of rotatable bonds is 6. The number of nitrogens with one attached hydrogen (secondary N) is 1. The van der Waals surface area contributed by atoms with Crippen LogP contribution in [0.2, 0.25) is 0 Å². The second-order valence-corrected chi connectivity index (χ2v) is 4.46.